The molecule has 0 aliphatic carbocycles. The smallest absolute Gasteiger partial charge is 0.258 e. The number of carbonyl (C=O) groups is 1. The molecule has 0 bridgehead atoms. The Morgan fingerprint density at radius 3 is 2.95 bits per heavy atom. The molecule has 0 radical (unpaired) electrons. The summed E-state index contributed by atoms with van der Waals surface area (Å²) in [6.07, 6.45) is 2.85. The summed E-state index contributed by atoms with van der Waals surface area (Å²) in [5.74, 6) is 0.438. The van der Waals surface area contributed by atoms with E-state index in [1.807, 2.05) is 12.1 Å². The van der Waals surface area contributed by atoms with Crippen molar-refractivity contribution in [1.29, 1.82) is 0 Å². The van der Waals surface area contributed by atoms with Gasteiger partial charge < -0.3 is 9.73 Å². The molecule has 1 N–H and O–H groups in total. The summed E-state index contributed by atoms with van der Waals surface area (Å²) in [5, 5.41) is 14.1. The summed E-state index contributed by atoms with van der Waals surface area (Å²) in [7, 11) is 0. The minimum atomic E-state index is -0.232. The van der Waals surface area contributed by atoms with Gasteiger partial charge in [-0.25, -0.2) is 0 Å². The Morgan fingerprint density at radius 2 is 2.25 bits per heavy atom. The molecule has 0 fully saturated rings. The van der Waals surface area contributed by atoms with Crippen molar-refractivity contribution in [2.75, 3.05) is 5.32 Å². The van der Waals surface area contributed by atoms with Gasteiger partial charge in [0.25, 0.3) is 5.91 Å². The lowest BCUT2D eigenvalue weighted by Gasteiger charge is -2.06. The highest BCUT2D eigenvalue weighted by Crippen LogP contribution is 2.15. The SMILES string of the molecule is Cc1nnnn1-c1cccc(NC(=O)c2ccoc2)c1. The first-order valence-corrected chi connectivity index (χ1v) is 5.93. The summed E-state index contributed by atoms with van der Waals surface area (Å²) >= 11 is 0. The molecular weight excluding hydrogens is 258 g/mol. The van der Waals surface area contributed by atoms with Gasteiger partial charge >= 0.3 is 0 Å². The zero-order chi connectivity index (χ0) is 13.9. The van der Waals surface area contributed by atoms with Crippen LogP contribution in [-0.2, 0) is 0 Å². The number of nitrogens with one attached hydrogen (secondary N) is 1. The Bertz CT molecular complexity index is 733. The van der Waals surface area contributed by atoms with Gasteiger partial charge in [0.15, 0.2) is 5.82 Å². The van der Waals surface area contributed by atoms with Crippen molar-refractivity contribution in [1.82, 2.24) is 20.2 Å². The second-order valence-electron chi connectivity index (χ2n) is 4.15. The van der Waals surface area contributed by atoms with E-state index in [1.165, 1.54) is 12.5 Å². The van der Waals surface area contributed by atoms with Crippen molar-refractivity contribution in [2.24, 2.45) is 0 Å². The van der Waals surface area contributed by atoms with Crippen LogP contribution in [0.2, 0.25) is 0 Å². The molecule has 3 rings (SSSR count). The molecule has 100 valence electrons. The average Bonchev–Trinajstić information content (AvgIpc) is 3.10. The third kappa shape index (κ3) is 2.28. The molecule has 7 heteroatoms. The van der Waals surface area contributed by atoms with E-state index < -0.39 is 0 Å². The van der Waals surface area contributed by atoms with Crippen molar-refractivity contribution < 1.29 is 9.21 Å². The molecule has 0 saturated carbocycles. The zero-order valence-electron chi connectivity index (χ0n) is 10.6. The molecule has 0 spiro atoms. The van der Waals surface area contributed by atoms with Crippen LogP contribution in [0.25, 0.3) is 5.69 Å². The molecule has 0 unspecified atom stereocenters. The molecule has 0 aliphatic rings. The van der Waals surface area contributed by atoms with Gasteiger partial charge in [0, 0.05) is 5.69 Å². The monoisotopic (exact) mass is 269 g/mol. The van der Waals surface area contributed by atoms with Crippen molar-refractivity contribution in [3.63, 3.8) is 0 Å². The van der Waals surface area contributed by atoms with Gasteiger partial charge in [0.1, 0.15) is 6.26 Å². The van der Waals surface area contributed by atoms with Crippen LogP contribution in [0.3, 0.4) is 0 Å². The fourth-order valence-corrected chi connectivity index (χ4v) is 1.78. The van der Waals surface area contributed by atoms with Gasteiger partial charge in [-0.15, -0.1) is 5.10 Å². The van der Waals surface area contributed by atoms with E-state index in [-0.39, 0.29) is 5.91 Å². The second kappa shape index (κ2) is 4.96. The molecule has 1 amide bonds. The van der Waals surface area contributed by atoms with E-state index in [2.05, 4.69) is 20.8 Å². The Balaban J connectivity index is 1.85. The maximum atomic E-state index is 11.9. The lowest BCUT2D eigenvalue weighted by molar-refractivity contribution is 0.102. The van der Waals surface area contributed by atoms with Crippen molar-refractivity contribution in [2.45, 2.75) is 6.92 Å². The van der Waals surface area contributed by atoms with Gasteiger partial charge in [0.05, 0.1) is 17.5 Å². The summed E-state index contributed by atoms with van der Waals surface area (Å²) in [4.78, 5) is 11.9. The first kappa shape index (κ1) is 12.1. The lowest BCUT2D eigenvalue weighted by atomic mass is 10.2. The molecule has 3 aromatic rings. The van der Waals surface area contributed by atoms with Crippen LogP contribution in [0, 0.1) is 6.92 Å². The van der Waals surface area contributed by atoms with Crippen molar-refractivity contribution >= 4 is 11.6 Å². The van der Waals surface area contributed by atoms with E-state index >= 15 is 0 Å². The van der Waals surface area contributed by atoms with Gasteiger partial charge in [-0.05, 0) is 41.6 Å². The Labute approximate surface area is 114 Å². The third-order valence-corrected chi connectivity index (χ3v) is 2.76. The topological polar surface area (TPSA) is 85.8 Å². The number of rotatable bonds is 3. The molecule has 2 aromatic heterocycles. The standard InChI is InChI=1S/C13H11N5O2/c1-9-15-16-17-18(9)12-4-2-3-11(7-12)14-13(19)10-5-6-20-8-10/h2-8H,1H3,(H,14,19). The molecule has 7 nitrogen and oxygen atoms in total. The summed E-state index contributed by atoms with van der Waals surface area (Å²) < 4.78 is 6.47. The molecular formula is C13H11N5O2. The zero-order valence-corrected chi connectivity index (χ0v) is 10.6. The largest absolute Gasteiger partial charge is 0.472 e. The van der Waals surface area contributed by atoms with E-state index in [9.17, 15) is 4.79 Å². The van der Waals surface area contributed by atoms with Gasteiger partial charge in [-0.1, -0.05) is 6.07 Å². The fourth-order valence-electron chi connectivity index (χ4n) is 1.78. The highest BCUT2D eigenvalue weighted by atomic mass is 16.3. The van der Waals surface area contributed by atoms with Gasteiger partial charge in [0.2, 0.25) is 0 Å². The van der Waals surface area contributed by atoms with Crippen molar-refractivity contribution in [3.05, 3.63) is 54.2 Å². The number of aryl methyl sites for hydroxylation is 1. The maximum Gasteiger partial charge on any atom is 0.258 e. The summed E-state index contributed by atoms with van der Waals surface area (Å²) in [5.41, 5.74) is 1.90. The van der Waals surface area contributed by atoms with E-state index in [0.717, 1.165) is 5.69 Å². The Hall–Kier alpha value is -2.96. The summed E-state index contributed by atoms with van der Waals surface area (Å²) in [6.45, 7) is 1.80. The van der Waals surface area contributed by atoms with Crippen LogP contribution < -0.4 is 5.32 Å². The lowest BCUT2D eigenvalue weighted by Crippen LogP contribution is -2.11. The number of aromatic nitrogens is 4. The Morgan fingerprint density at radius 1 is 1.35 bits per heavy atom. The number of nitrogens with zero attached hydrogens (tertiary/aromatic N) is 4. The number of tetrazole rings is 1. The van der Waals surface area contributed by atoms with E-state index in [1.54, 1.807) is 29.8 Å². The number of benzene rings is 1. The number of hydrogen-bond donors (Lipinski definition) is 1. The van der Waals surface area contributed by atoms with Crippen LogP contribution in [0.15, 0.2) is 47.3 Å². The van der Waals surface area contributed by atoms with Gasteiger partial charge in [-0.2, -0.15) is 4.68 Å². The van der Waals surface area contributed by atoms with Crippen LogP contribution in [-0.4, -0.2) is 26.1 Å². The minimum Gasteiger partial charge on any atom is -0.472 e. The molecule has 0 saturated heterocycles. The van der Waals surface area contributed by atoms with E-state index in [0.29, 0.717) is 17.1 Å². The third-order valence-electron chi connectivity index (χ3n) is 2.76. The number of hydrogen-bond acceptors (Lipinski definition) is 5. The first-order chi connectivity index (χ1) is 9.74. The number of furan rings is 1. The predicted molar refractivity (Wildman–Crippen MR) is 70.6 cm³/mol. The highest BCUT2D eigenvalue weighted by Gasteiger charge is 2.09. The number of anilines is 1. The fraction of sp³-hybridized carbons (Fsp3) is 0.0769. The normalized spacial score (nSPS) is 10.4. The van der Waals surface area contributed by atoms with Crippen LogP contribution >= 0.6 is 0 Å². The quantitative estimate of drug-likeness (QED) is 0.783. The highest BCUT2D eigenvalue weighted by molar-refractivity contribution is 6.04. The minimum absolute atomic E-state index is 0.232. The predicted octanol–water partition coefficient (Wildman–Crippen LogP) is 1.82. The van der Waals surface area contributed by atoms with Crippen molar-refractivity contribution in [3.8, 4) is 5.69 Å². The Kier molecular flexibility index (Phi) is 3.00. The molecule has 0 atom stereocenters. The average molecular weight is 269 g/mol. The molecule has 20 heavy (non-hydrogen) atoms. The first-order valence-electron chi connectivity index (χ1n) is 5.93. The van der Waals surface area contributed by atoms with E-state index in [4.69, 9.17) is 4.42 Å². The molecule has 2 heterocycles. The molecule has 1 aromatic carbocycles. The van der Waals surface area contributed by atoms with Gasteiger partial charge in [-0.3, -0.25) is 4.79 Å². The maximum absolute atomic E-state index is 11.9. The summed E-state index contributed by atoms with van der Waals surface area (Å²) in [6, 6.07) is 8.87. The number of carbonyl (C=O) groups excluding carboxylic acids is 1. The second-order valence-corrected chi connectivity index (χ2v) is 4.15. The molecule has 0 aliphatic heterocycles. The van der Waals surface area contributed by atoms with Crippen LogP contribution in [0.1, 0.15) is 16.2 Å². The van der Waals surface area contributed by atoms with Crippen LogP contribution in [0.5, 0.6) is 0 Å². The van der Waals surface area contributed by atoms with Crippen LogP contribution in [0.4, 0.5) is 5.69 Å². The number of amides is 1.